The minimum Gasteiger partial charge on any atom is -0.456 e. The number of ether oxygens (including phenoxy) is 1. The van der Waals surface area contributed by atoms with Crippen LogP contribution in [0.15, 0.2) is 65.9 Å². The molecule has 7 nitrogen and oxygen atoms in total. The summed E-state index contributed by atoms with van der Waals surface area (Å²) < 4.78 is 5.21. The van der Waals surface area contributed by atoms with Crippen molar-refractivity contribution >= 4 is 35.2 Å². The molecule has 4 rings (SSSR count). The van der Waals surface area contributed by atoms with Gasteiger partial charge in [0.15, 0.2) is 0 Å². The zero-order valence-corrected chi connectivity index (χ0v) is 17.1. The van der Waals surface area contributed by atoms with E-state index in [0.717, 1.165) is 5.69 Å². The summed E-state index contributed by atoms with van der Waals surface area (Å²) >= 11 is 5.95. The quantitative estimate of drug-likeness (QED) is 0.746. The van der Waals surface area contributed by atoms with Crippen molar-refractivity contribution in [2.75, 3.05) is 24.6 Å². The third kappa shape index (κ3) is 3.64. The summed E-state index contributed by atoms with van der Waals surface area (Å²) in [6.45, 7) is 2.07. The fourth-order valence-electron chi connectivity index (χ4n) is 3.72. The van der Waals surface area contributed by atoms with E-state index in [1.807, 2.05) is 37.3 Å². The average molecular weight is 426 g/mol. The molecule has 1 atom stereocenters. The molecule has 2 aromatic carbocycles. The molecule has 2 aromatic rings. The summed E-state index contributed by atoms with van der Waals surface area (Å²) in [7, 11) is 0. The number of carbonyl (C=O) groups is 3. The Bertz CT molecular complexity index is 1020. The molecule has 0 radical (unpaired) electrons. The van der Waals surface area contributed by atoms with Gasteiger partial charge in [0.25, 0.3) is 0 Å². The number of benzene rings is 2. The predicted molar refractivity (Wildman–Crippen MR) is 112 cm³/mol. The first-order valence-corrected chi connectivity index (χ1v) is 9.96. The van der Waals surface area contributed by atoms with Crippen LogP contribution in [0.4, 0.5) is 10.5 Å². The first-order chi connectivity index (χ1) is 14.5. The lowest BCUT2D eigenvalue weighted by molar-refractivity contribution is -0.136. The number of nitrogens with zero attached hydrogens (tertiary/aromatic N) is 2. The topological polar surface area (TPSA) is 79.0 Å². The van der Waals surface area contributed by atoms with Gasteiger partial charge in [0.1, 0.15) is 13.2 Å². The smallest absolute Gasteiger partial charge is 0.338 e. The number of likely N-dealkylation sites (N-methyl/N-ethyl adjacent to an activating group) is 1. The third-order valence-corrected chi connectivity index (χ3v) is 5.43. The number of para-hydroxylation sites is 1. The molecule has 0 fully saturated rings. The third-order valence-electron chi connectivity index (χ3n) is 5.18. The van der Waals surface area contributed by atoms with Crippen LogP contribution in [-0.2, 0) is 14.3 Å². The zero-order valence-electron chi connectivity index (χ0n) is 16.3. The summed E-state index contributed by atoms with van der Waals surface area (Å²) in [5.41, 5.74) is 2.22. The van der Waals surface area contributed by atoms with Crippen molar-refractivity contribution in [3.8, 4) is 0 Å². The molecule has 0 spiro atoms. The molecule has 0 aromatic heterocycles. The van der Waals surface area contributed by atoms with Crippen LogP contribution < -0.4 is 10.2 Å². The number of nitrogens with one attached hydrogen (secondary N) is 1. The molecule has 8 heteroatoms. The highest BCUT2D eigenvalue weighted by atomic mass is 35.5. The molecular formula is C22H20ClN3O4. The highest BCUT2D eigenvalue weighted by molar-refractivity contribution is 6.30. The summed E-state index contributed by atoms with van der Waals surface area (Å²) in [5, 5.41) is 3.37. The van der Waals surface area contributed by atoms with Crippen LogP contribution in [0.5, 0.6) is 0 Å². The molecular weight excluding hydrogens is 406 g/mol. The molecule has 0 unspecified atom stereocenters. The van der Waals surface area contributed by atoms with Gasteiger partial charge in [-0.3, -0.25) is 9.69 Å². The fraction of sp³-hybridized carbons (Fsp3) is 0.227. The number of esters is 1. The van der Waals surface area contributed by atoms with Crippen molar-refractivity contribution in [2.45, 2.75) is 13.0 Å². The van der Waals surface area contributed by atoms with Gasteiger partial charge in [0.05, 0.1) is 17.3 Å². The Morgan fingerprint density at radius 3 is 2.53 bits per heavy atom. The van der Waals surface area contributed by atoms with Crippen LogP contribution in [0.3, 0.4) is 0 Å². The van der Waals surface area contributed by atoms with E-state index in [1.165, 1.54) is 4.90 Å². The van der Waals surface area contributed by atoms with Gasteiger partial charge in [0.2, 0.25) is 5.91 Å². The van der Waals surface area contributed by atoms with Gasteiger partial charge in [-0.15, -0.1) is 0 Å². The second-order valence-electron chi connectivity index (χ2n) is 6.93. The van der Waals surface area contributed by atoms with Crippen LogP contribution in [0.2, 0.25) is 5.02 Å². The minimum absolute atomic E-state index is 0.0452. The molecule has 0 saturated heterocycles. The predicted octanol–water partition coefficient (Wildman–Crippen LogP) is 3.27. The Balaban J connectivity index is 1.63. The number of cyclic esters (lactones) is 1. The van der Waals surface area contributed by atoms with Gasteiger partial charge in [-0.2, -0.15) is 0 Å². The maximum atomic E-state index is 13.0. The number of anilines is 1. The van der Waals surface area contributed by atoms with E-state index in [2.05, 4.69) is 5.32 Å². The molecule has 0 bridgehead atoms. The van der Waals surface area contributed by atoms with E-state index >= 15 is 0 Å². The lowest BCUT2D eigenvalue weighted by Crippen LogP contribution is -2.51. The first kappa shape index (κ1) is 20.0. The fourth-order valence-corrected chi connectivity index (χ4v) is 3.84. The van der Waals surface area contributed by atoms with Gasteiger partial charge >= 0.3 is 12.0 Å². The molecule has 2 aliphatic heterocycles. The standard InChI is InChI=1S/C22H20ClN3O4/c1-2-25(16-6-4-3-5-7-16)18(27)12-26-17-13-30-21(28)19(17)20(24-22(26)29)14-8-10-15(23)11-9-14/h3-11,20H,2,12-13H2,1H3,(H,24,29)/t20-/m0/s1. The summed E-state index contributed by atoms with van der Waals surface area (Å²) in [5.74, 6) is -0.757. The van der Waals surface area contributed by atoms with Crippen LogP contribution in [-0.4, -0.2) is 42.5 Å². The van der Waals surface area contributed by atoms with Gasteiger partial charge < -0.3 is 15.0 Å². The van der Waals surface area contributed by atoms with Gasteiger partial charge in [0, 0.05) is 17.3 Å². The van der Waals surface area contributed by atoms with Crippen molar-refractivity contribution < 1.29 is 19.1 Å². The number of hydrogen-bond acceptors (Lipinski definition) is 4. The van der Waals surface area contributed by atoms with Crippen molar-refractivity contribution in [2.24, 2.45) is 0 Å². The zero-order chi connectivity index (χ0) is 21.3. The van der Waals surface area contributed by atoms with E-state index in [0.29, 0.717) is 28.4 Å². The maximum Gasteiger partial charge on any atom is 0.338 e. The van der Waals surface area contributed by atoms with Crippen molar-refractivity contribution in [3.05, 3.63) is 76.5 Å². The highest BCUT2D eigenvalue weighted by Crippen LogP contribution is 2.35. The van der Waals surface area contributed by atoms with E-state index in [1.54, 1.807) is 29.2 Å². The number of halogens is 1. The molecule has 0 saturated carbocycles. The van der Waals surface area contributed by atoms with E-state index in [9.17, 15) is 14.4 Å². The van der Waals surface area contributed by atoms with Gasteiger partial charge in [-0.1, -0.05) is 41.9 Å². The molecule has 1 N–H and O–H groups in total. The van der Waals surface area contributed by atoms with Crippen molar-refractivity contribution in [1.82, 2.24) is 10.2 Å². The molecule has 30 heavy (non-hydrogen) atoms. The van der Waals surface area contributed by atoms with E-state index in [4.69, 9.17) is 16.3 Å². The van der Waals surface area contributed by atoms with Crippen LogP contribution in [0, 0.1) is 0 Å². The average Bonchev–Trinajstić information content (AvgIpc) is 3.13. The second-order valence-corrected chi connectivity index (χ2v) is 7.37. The Morgan fingerprint density at radius 1 is 1.17 bits per heavy atom. The lowest BCUT2D eigenvalue weighted by atomic mass is 9.96. The van der Waals surface area contributed by atoms with Crippen LogP contribution in [0.25, 0.3) is 0 Å². The molecule has 2 heterocycles. The Hall–Kier alpha value is -3.32. The minimum atomic E-state index is -0.650. The summed E-state index contributed by atoms with van der Waals surface area (Å²) in [4.78, 5) is 41.2. The number of carbonyl (C=O) groups excluding carboxylic acids is 3. The monoisotopic (exact) mass is 425 g/mol. The highest BCUT2D eigenvalue weighted by Gasteiger charge is 2.43. The number of amides is 3. The van der Waals surface area contributed by atoms with Crippen LogP contribution >= 0.6 is 11.6 Å². The number of hydrogen-bond donors (Lipinski definition) is 1. The van der Waals surface area contributed by atoms with Crippen molar-refractivity contribution in [3.63, 3.8) is 0 Å². The Kier molecular flexibility index (Phi) is 5.46. The van der Waals surface area contributed by atoms with Crippen LogP contribution in [0.1, 0.15) is 18.5 Å². The summed E-state index contributed by atoms with van der Waals surface area (Å²) in [6, 6.07) is 15.0. The first-order valence-electron chi connectivity index (χ1n) is 9.58. The molecule has 2 aliphatic rings. The normalized spacial score (nSPS) is 18.1. The number of rotatable bonds is 5. The van der Waals surface area contributed by atoms with Gasteiger partial charge in [-0.05, 0) is 36.8 Å². The SMILES string of the molecule is CCN(C(=O)CN1C(=O)N[C@@H](c2ccc(Cl)cc2)C2=C1COC2=O)c1ccccc1. The molecule has 154 valence electrons. The van der Waals surface area contributed by atoms with Gasteiger partial charge in [-0.25, -0.2) is 9.59 Å². The largest absolute Gasteiger partial charge is 0.456 e. The maximum absolute atomic E-state index is 13.0. The summed E-state index contributed by atoms with van der Waals surface area (Å²) in [6.07, 6.45) is 0. The number of urea groups is 1. The lowest BCUT2D eigenvalue weighted by Gasteiger charge is -2.33. The molecule has 3 amide bonds. The second kappa shape index (κ2) is 8.20. The molecule has 0 aliphatic carbocycles. The van der Waals surface area contributed by atoms with Crippen molar-refractivity contribution in [1.29, 1.82) is 0 Å². The Morgan fingerprint density at radius 2 is 1.87 bits per heavy atom. The van der Waals surface area contributed by atoms with E-state index in [-0.39, 0.29) is 19.1 Å². The Labute approximate surface area is 178 Å². The van der Waals surface area contributed by atoms with E-state index < -0.39 is 18.0 Å².